The molecule has 17 heavy (non-hydrogen) atoms. The minimum Gasteiger partial charge on any atom is -0.355 e. The normalized spacial score (nSPS) is 10.2. The number of nitrogens with one attached hydrogen (secondary N) is 1. The number of aryl methyl sites for hydroxylation is 1. The Hall–Kier alpha value is -1.80. The molecule has 2 heteroatoms. The molecule has 3 N–H and O–H groups in total. The van der Waals surface area contributed by atoms with E-state index < -0.39 is 0 Å². The number of nitrogens with two attached hydrogens (primary N) is 1. The van der Waals surface area contributed by atoms with Gasteiger partial charge in [0.05, 0.1) is 0 Å². The van der Waals surface area contributed by atoms with E-state index in [1.807, 2.05) is 18.2 Å². The number of rotatable bonds is 4. The van der Waals surface area contributed by atoms with Crippen molar-refractivity contribution in [1.29, 1.82) is 0 Å². The Kier molecular flexibility index (Phi) is 3.78. The molecule has 0 heterocycles. The van der Waals surface area contributed by atoms with Crippen LogP contribution >= 0.6 is 0 Å². The summed E-state index contributed by atoms with van der Waals surface area (Å²) in [5.74, 6) is 0. The van der Waals surface area contributed by atoms with E-state index in [4.69, 9.17) is 5.73 Å². The molecule has 88 valence electrons. The second-order valence-corrected chi connectivity index (χ2v) is 4.04. The average molecular weight is 226 g/mol. The molecule has 0 spiro atoms. The van der Waals surface area contributed by atoms with E-state index in [1.54, 1.807) is 0 Å². The first-order valence-electron chi connectivity index (χ1n) is 5.97. The predicted octanol–water partition coefficient (Wildman–Crippen LogP) is 3.45. The van der Waals surface area contributed by atoms with E-state index in [1.165, 1.54) is 11.3 Å². The fraction of sp³-hybridized carbons (Fsp3) is 0.200. The van der Waals surface area contributed by atoms with Gasteiger partial charge in [-0.05, 0) is 35.7 Å². The van der Waals surface area contributed by atoms with Crippen LogP contribution in [-0.4, -0.2) is 0 Å². The molecule has 0 aliphatic rings. The molecular weight excluding hydrogens is 208 g/mol. The summed E-state index contributed by atoms with van der Waals surface area (Å²) in [7, 11) is 0. The summed E-state index contributed by atoms with van der Waals surface area (Å²) >= 11 is 0. The third-order valence-electron chi connectivity index (χ3n) is 2.84. The van der Waals surface area contributed by atoms with E-state index >= 15 is 0 Å². The molecule has 2 nitrogen and oxygen atoms in total. The highest BCUT2D eigenvalue weighted by atomic mass is 14.9. The minimum atomic E-state index is 0.574. The largest absolute Gasteiger partial charge is 0.355 e. The molecule has 0 amide bonds. The van der Waals surface area contributed by atoms with E-state index in [0.29, 0.717) is 6.54 Å². The number of hydrogen-bond donors (Lipinski definition) is 2. The van der Waals surface area contributed by atoms with Crippen LogP contribution in [0.25, 0.3) is 0 Å². The lowest BCUT2D eigenvalue weighted by Gasteiger charge is -2.11. The first-order valence-corrected chi connectivity index (χ1v) is 5.97. The first-order chi connectivity index (χ1) is 8.33. The van der Waals surface area contributed by atoms with Crippen molar-refractivity contribution in [2.75, 3.05) is 5.32 Å². The van der Waals surface area contributed by atoms with Gasteiger partial charge in [-0.3, -0.25) is 0 Å². The maximum absolute atomic E-state index is 5.64. The molecule has 0 bridgehead atoms. The van der Waals surface area contributed by atoms with Crippen molar-refractivity contribution in [2.45, 2.75) is 19.9 Å². The van der Waals surface area contributed by atoms with E-state index in [-0.39, 0.29) is 0 Å². The monoisotopic (exact) mass is 226 g/mol. The lowest BCUT2D eigenvalue weighted by molar-refractivity contribution is 1.07. The van der Waals surface area contributed by atoms with Gasteiger partial charge in [0.15, 0.2) is 0 Å². The fourth-order valence-electron chi connectivity index (χ4n) is 1.88. The molecule has 0 saturated heterocycles. The second-order valence-electron chi connectivity index (χ2n) is 4.04. The van der Waals surface area contributed by atoms with Crippen molar-refractivity contribution >= 4 is 11.4 Å². The third-order valence-corrected chi connectivity index (χ3v) is 2.84. The van der Waals surface area contributed by atoms with Gasteiger partial charge in [-0.2, -0.15) is 0 Å². The average Bonchev–Trinajstić information content (AvgIpc) is 2.39. The van der Waals surface area contributed by atoms with Gasteiger partial charge in [-0.25, -0.2) is 0 Å². The summed E-state index contributed by atoms with van der Waals surface area (Å²) in [4.78, 5) is 0. The molecular formula is C15H18N2. The van der Waals surface area contributed by atoms with Gasteiger partial charge in [-0.15, -0.1) is 0 Å². The molecule has 0 aromatic heterocycles. The van der Waals surface area contributed by atoms with E-state index in [2.05, 4.69) is 42.6 Å². The van der Waals surface area contributed by atoms with Crippen LogP contribution in [0, 0.1) is 0 Å². The topological polar surface area (TPSA) is 38.0 Å². The van der Waals surface area contributed by atoms with Crippen molar-refractivity contribution in [1.82, 2.24) is 0 Å². The molecule has 0 unspecified atom stereocenters. The van der Waals surface area contributed by atoms with Crippen LogP contribution in [0.3, 0.4) is 0 Å². The maximum atomic E-state index is 5.64. The van der Waals surface area contributed by atoms with Crippen LogP contribution in [0.4, 0.5) is 11.4 Å². The smallest absolute Gasteiger partial charge is 0.0416 e. The van der Waals surface area contributed by atoms with Crippen LogP contribution in [-0.2, 0) is 13.0 Å². The summed E-state index contributed by atoms with van der Waals surface area (Å²) in [6.07, 6.45) is 1.03. The predicted molar refractivity (Wildman–Crippen MR) is 73.4 cm³/mol. The number of benzene rings is 2. The Morgan fingerprint density at radius 3 is 2.65 bits per heavy atom. The number of para-hydroxylation sites is 1. The lowest BCUT2D eigenvalue weighted by Crippen LogP contribution is -1.98. The molecule has 0 fully saturated rings. The third kappa shape index (κ3) is 2.86. The molecule has 0 aliphatic heterocycles. The standard InChI is InChI=1S/C15H18N2/c1-2-13-7-3-4-9-15(13)17-14-8-5-6-12(10-14)11-16/h3-10,17H,2,11,16H2,1H3. The van der Waals surface area contributed by atoms with Crippen LogP contribution < -0.4 is 11.1 Å². The van der Waals surface area contributed by atoms with Crippen molar-refractivity contribution in [2.24, 2.45) is 5.73 Å². The van der Waals surface area contributed by atoms with Crippen LogP contribution in [0.15, 0.2) is 48.5 Å². The quantitative estimate of drug-likeness (QED) is 0.838. The summed E-state index contributed by atoms with van der Waals surface area (Å²) in [6.45, 7) is 2.74. The zero-order valence-corrected chi connectivity index (χ0v) is 10.1. The van der Waals surface area contributed by atoms with Gasteiger partial charge in [-0.1, -0.05) is 37.3 Å². The van der Waals surface area contributed by atoms with E-state index in [9.17, 15) is 0 Å². The first kappa shape index (κ1) is 11.7. The molecule has 0 saturated carbocycles. The van der Waals surface area contributed by atoms with E-state index in [0.717, 1.165) is 17.7 Å². The van der Waals surface area contributed by atoms with Crippen molar-refractivity contribution in [3.63, 3.8) is 0 Å². The van der Waals surface area contributed by atoms with Crippen LogP contribution in [0.5, 0.6) is 0 Å². The highest BCUT2D eigenvalue weighted by molar-refractivity contribution is 5.63. The molecule has 0 atom stereocenters. The van der Waals surface area contributed by atoms with Crippen molar-refractivity contribution in [3.05, 3.63) is 59.7 Å². The molecule has 0 radical (unpaired) electrons. The zero-order valence-electron chi connectivity index (χ0n) is 10.1. The fourth-order valence-corrected chi connectivity index (χ4v) is 1.88. The zero-order chi connectivity index (χ0) is 12.1. The lowest BCUT2D eigenvalue weighted by atomic mass is 10.1. The van der Waals surface area contributed by atoms with Gasteiger partial charge < -0.3 is 11.1 Å². The van der Waals surface area contributed by atoms with Gasteiger partial charge in [0.25, 0.3) is 0 Å². The highest BCUT2D eigenvalue weighted by Crippen LogP contribution is 2.21. The van der Waals surface area contributed by atoms with Crippen molar-refractivity contribution in [3.8, 4) is 0 Å². The van der Waals surface area contributed by atoms with Crippen LogP contribution in [0.2, 0.25) is 0 Å². The summed E-state index contributed by atoms with van der Waals surface area (Å²) < 4.78 is 0. The van der Waals surface area contributed by atoms with Gasteiger partial charge in [0.2, 0.25) is 0 Å². The second kappa shape index (κ2) is 5.51. The Labute approximate surface area is 102 Å². The highest BCUT2D eigenvalue weighted by Gasteiger charge is 2.00. The summed E-state index contributed by atoms with van der Waals surface area (Å²) in [6, 6.07) is 16.6. The Morgan fingerprint density at radius 1 is 1.06 bits per heavy atom. The minimum absolute atomic E-state index is 0.574. The Morgan fingerprint density at radius 2 is 1.88 bits per heavy atom. The molecule has 2 aromatic rings. The molecule has 2 aromatic carbocycles. The SMILES string of the molecule is CCc1ccccc1Nc1cccc(CN)c1. The maximum Gasteiger partial charge on any atom is 0.0416 e. The molecule has 2 rings (SSSR count). The number of hydrogen-bond acceptors (Lipinski definition) is 2. The molecule has 0 aliphatic carbocycles. The van der Waals surface area contributed by atoms with Gasteiger partial charge in [0, 0.05) is 17.9 Å². The number of anilines is 2. The van der Waals surface area contributed by atoms with Crippen LogP contribution in [0.1, 0.15) is 18.1 Å². The van der Waals surface area contributed by atoms with Gasteiger partial charge in [0.1, 0.15) is 0 Å². The summed E-state index contributed by atoms with van der Waals surface area (Å²) in [5, 5.41) is 3.44. The van der Waals surface area contributed by atoms with Gasteiger partial charge >= 0.3 is 0 Å². The Balaban J connectivity index is 2.24. The van der Waals surface area contributed by atoms with Crippen molar-refractivity contribution < 1.29 is 0 Å². The Bertz CT molecular complexity index is 492. The summed E-state index contributed by atoms with van der Waals surface area (Å²) in [5.41, 5.74) is 10.4.